The van der Waals surface area contributed by atoms with Crippen molar-refractivity contribution in [2.45, 2.75) is 13.0 Å². The molecule has 1 aromatic carbocycles. The molecule has 2 amide bonds. The highest BCUT2D eigenvalue weighted by Crippen LogP contribution is 2.35. The first-order chi connectivity index (χ1) is 9.11. The Morgan fingerprint density at radius 2 is 2.21 bits per heavy atom. The van der Waals surface area contributed by atoms with Crippen molar-refractivity contribution >= 4 is 40.1 Å². The SMILES string of the molecule is NNC(=O)N1CCc2[nH]c3c(Cl)c(Cl)ccc3c2C1. The van der Waals surface area contributed by atoms with E-state index < -0.39 is 0 Å². The van der Waals surface area contributed by atoms with E-state index in [1.165, 1.54) is 0 Å². The molecule has 19 heavy (non-hydrogen) atoms. The number of H-pyrrole nitrogens is 1. The van der Waals surface area contributed by atoms with Gasteiger partial charge in [0.1, 0.15) is 0 Å². The molecule has 0 unspecified atom stereocenters. The molecule has 0 fully saturated rings. The third-order valence-electron chi connectivity index (χ3n) is 3.45. The van der Waals surface area contributed by atoms with E-state index >= 15 is 0 Å². The minimum Gasteiger partial charge on any atom is -0.357 e. The lowest BCUT2D eigenvalue weighted by molar-refractivity contribution is 0.192. The standard InChI is InChI=1S/C12H12Cl2N4O/c13-8-2-1-6-7-5-18(12(19)17-15)4-3-9(7)16-11(6)10(8)14/h1-2,16H,3-5,15H2,(H,17,19). The summed E-state index contributed by atoms with van der Waals surface area (Å²) >= 11 is 12.2. The molecule has 0 saturated carbocycles. The number of halogens is 2. The van der Waals surface area contributed by atoms with Crippen LogP contribution in [0.15, 0.2) is 12.1 Å². The number of aromatic nitrogens is 1. The molecule has 0 radical (unpaired) electrons. The van der Waals surface area contributed by atoms with Crippen LogP contribution in [0, 0.1) is 0 Å². The van der Waals surface area contributed by atoms with Gasteiger partial charge in [-0.25, -0.2) is 10.6 Å². The highest BCUT2D eigenvalue weighted by atomic mass is 35.5. The molecule has 2 heterocycles. The van der Waals surface area contributed by atoms with Gasteiger partial charge < -0.3 is 9.88 Å². The van der Waals surface area contributed by atoms with Crippen LogP contribution in [-0.2, 0) is 13.0 Å². The number of aromatic amines is 1. The first-order valence-electron chi connectivity index (χ1n) is 5.84. The molecule has 0 spiro atoms. The van der Waals surface area contributed by atoms with Gasteiger partial charge in [0.2, 0.25) is 0 Å². The molecule has 1 aliphatic rings. The fourth-order valence-electron chi connectivity index (χ4n) is 2.49. The van der Waals surface area contributed by atoms with Crippen LogP contribution in [0.3, 0.4) is 0 Å². The van der Waals surface area contributed by atoms with E-state index in [4.69, 9.17) is 29.0 Å². The number of hydrazine groups is 1. The molecular weight excluding hydrogens is 287 g/mol. The van der Waals surface area contributed by atoms with Crippen molar-refractivity contribution in [3.05, 3.63) is 33.4 Å². The molecule has 3 rings (SSSR count). The monoisotopic (exact) mass is 298 g/mol. The van der Waals surface area contributed by atoms with Gasteiger partial charge in [-0.15, -0.1) is 0 Å². The number of fused-ring (bicyclic) bond motifs is 3. The molecule has 1 aromatic heterocycles. The van der Waals surface area contributed by atoms with Crippen molar-refractivity contribution in [3.63, 3.8) is 0 Å². The number of urea groups is 1. The third kappa shape index (κ3) is 1.94. The molecule has 5 nitrogen and oxygen atoms in total. The Morgan fingerprint density at radius 3 is 2.95 bits per heavy atom. The zero-order valence-electron chi connectivity index (χ0n) is 9.96. The Labute approximate surface area is 119 Å². The summed E-state index contributed by atoms with van der Waals surface area (Å²) in [5.74, 6) is 5.17. The van der Waals surface area contributed by atoms with Crippen LogP contribution < -0.4 is 11.3 Å². The Bertz CT molecular complexity index is 667. The van der Waals surface area contributed by atoms with Crippen LogP contribution in [0.5, 0.6) is 0 Å². The van der Waals surface area contributed by atoms with Crippen molar-refractivity contribution in [1.29, 1.82) is 0 Å². The zero-order chi connectivity index (χ0) is 13.6. The van der Waals surface area contributed by atoms with Crippen LogP contribution in [-0.4, -0.2) is 22.5 Å². The van der Waals surface area contributed by atoms with Crippen LogP contribution in [0.1, 0.15) is 11.3 Å². The summed E-state index contributed by atoms with van der Waals surface area (Å²) in [5, 5.41) is 2.03. The van der Waals surface area contributed by atoms with Crippen molar-refractivity contribution in [2.75, 3.05) is 6.54 Å². The largest absolute Gasteiger partial charge is 0.357 e. The topological polar surface area (TPSA) is 74.2 Å². The van der Waals surface area contributed by atoms with Crippen molar-refractivity contribution in [2.24, 2.45) is 5.84 Å². The highest BCUT2D eigenvalue weighted by Gasteiger charge is 2.24. The fourth-order valence-corrected chi connectivity index (χ4v) is 2.86. The summed E-state index contributed by atoms with van der Waals surface area (Å²) in [4.78, 5) is 16.5. The molecule has 4 N–H and O–H groups in total. The Hall–Kier alpha value is -1.43. The van der Waals surface area contributed by atoms with E-state index in [0.29, 0.717) is 23.1 Å². The fraction of sp³-hybridized carbons (Fsp3) is 0.250. The molecule has 7 heteroatoms. The third-order valence-corrected chi connectivity index (χ3v) is 4.26. The number of nitrogens with two attached hydrogens (primary N) is 1. The molecule has 1 aliphatic heterocycles. The number of benzene rings is 1. The van der Waals surface area contributed by atoms with Crippen LogP contribution >= 0.6 is 23.2 Å². The van der Waals surface area contributed by atoms with Gasteiger partial charge >= 0.3 is 6.03 Å². The number of amides is 2. The van der Waals surface area contributed by atoms with Crippen LogP contribution in [0.4, 0.5) is 4.79 Å². The minimum absolute atomic E-state index is 0.278. The highest BCUT2D eigenvalue weighted by molar-refractivity contribution is 6.45. The Balaban J connectivity index is 2.09. The Morgan fingerprint density at radius 1 is 1.42 bits per heavy atom. The van der Waals surface area contributed by atoms with Gasteiger partial charge in [0.15, 0.2) is 0 Å². The predicted octanol–water partition coefficient (Wildman–Crippen LogP) is 2.42. The summed E-state index contributed by atoms with van der Waals surface area (Å²) in [5.41, 5.74) is 5.15. The number of hydrogen-bond donors (Lipinski definition) is 3. The van der Waals surface area contributed by atoms with Gasteiger partial charge in [-0.1, -0.05) is 29.3 Å². The summed E-state index contributed by atoms with van der Waals surface area (Å²) in [7, 11) is 0. The smallest absolute Gasteiger partial charge is 0.331 e. The lowest BCUT2D eigenvalue weighted by atomic mass is 10.0. The second-order valence-corrected chi connectivity index (χ2v) is 5.27. The summed E-state index contributed by atoms with van der Waals surface area (Å²) in [6, 6.07) is 3.41. The first-order valence-corrected chi connectivity index (χ1v) is 6.60. The van der Waals surface area contributed by atoms with Crippen molar-refractivity contribution < 1.29 is 4.79 Å². The summed E-state index contributed by atoms with van der Waals surface area (Å²) in [6.07, 6.45) is 0.741. The van der Waals surface area contributed by atoms with E-state index in [2.05, 4.69) is 10.4 Å². The minimum atomic E-state index is -0.278. The number of hydrogen-bond acceptors (Lipinski definition) is 2. The average molecular weight is 299 g/mol. The zero-order valence-corrected chi connectivity index (χ0v) is 11.5. The second-order valence-electron chi connectivity index (χ2n) is 4.49. The van der Waals surface area contributed by atoms with Crippen molar-refractivity contribution in [1.82, 2.24) is 15.3 Å². The Kier molecular flexibility index (Phi) is 3.05. The van der Waals surface area contributed by atoms with Gasteiger partial charge in [0, 0.05) is 36.2 Å². The average Bonchev–Trinajstić information content (AvgIpc) is 2.80. The number of nitrogens with zero attached hydrogens (tertiary/aromatic N) is 1. The van der Waals surface area contributed by atoms with E-state index in [1.54, 1.807) is 11.0 Å². The van der Waals surface area contributed by atoms with Crippen LogP contribution in [0.2, 0.25) is 10.0 Å². The van der Waals surface area contributed by atoms with E-state index in [0.717, 1.165) is 28.6 Å². The first kappa shape index (κ1) is 12.6. The number of carbonyl (C=O) groups excluding carboxylic acids is 1. The lowest BCUT2D eigenvalue weighted by Crippen LogP contribution is -2.45. The predicted molar refractivity (Wildman–Crippen MR) is 75.2 cm³/mol. The van der Waals surface area contributed by atoms with E-state index in [9.17, 15) is 4.79 Å². The summed E-state index contributed by atoms with van der Waals surface area (Å²) in [6.45, 7) is 1.13. The van der Waals surface area contributed by atoms with Gasteiger partial charge in [0.25, 0.3) is 0 Å². The second kappa shape index (κ2) is 4.59. The quantitative estimate of drug-likeness (QED) is 0.397. The van der Waals surface area contributed by atoms with Gasteiger partial charge in [-0.2, -0.15) is 0 Å². The maximum absolute atomic E-state index is 11.6. The molecule has 2 aromatic rings. The van der Waals surface area contributed by atoms with Gasteiger partial charge in [0.05, 0.1) is 15.6 Å². The number of rotatable bonds is 0. The molecule has 0 aliphatic carbocycles. The van der Waals surface area contributed by atoms with E-state index in [1.807, 2.05) is 6.07 Å². The van der Waals surface area contributed by atoms with Gasteiger partial charge in [-0.05, 0) is 6.07 Å². The van der Waals surface area contributed by atoms with Crippen LogP contribution in [0.25, 0.3) is 10.9 Å². The number of carbonyl (C=O) groups is 1. The lowest BCUT2D eigenvalue weighted by Gasteiger charge is -2.26. The molecule has 0 bridgehead atoms. The molecule has 100 valence electrons. The maximum atomic E-state index is 11.6. The molecular formula is C12H12Cl2N4O. The summed E-state index contributed by atoms with van der Waals surface area (Å²) < 4.78 is 0. The van der Waals surface area contributed by atoms with Crippen molar-refractivity contribution in [3.8, 4) is 0 Å². The maximum Gasteiger partial charge on any atom is 0.331 e. The normalized spacial score (nSPS) is 14.6. The number of nitrogens with one attached hydrogen (secondary N) is 2. The molecule has 0 saturated heterocycles. The van der Waals surface area contributed by atoms with Gasteiger partial charge in [-0.3, -0.25) is 5.43 Å². The molecule has 0 atom stereocenters. The van der Waals surface area contributed by atoms with E-state index in [-0.39, 0.29) is 6.03 Å².